The Morgan fingerprint density at radius 2 is 2.04 bits per heavy atom. The highest BCUT2D eigenvalue weighted by atomic mass is 79.9. The van der Waals surface area contributed by atoms with E-state index in [1.807, 2.05) is 43.0 Å². The molecular weight excluding hydrogens is 392 g/mol. The SMILES string of the molecule is CC(C)(C(=O)N1CCC(OCCCN)CC1)c1cccc(Br)c1.Cl. The van der Waals surface area contributed by atoms with Crippen LogP contribution in [0.2, 0.25) is 0 Å². The van der Waals surface area contributed by atoms with E-state index in [2.05, 4.69) is 15.9 Å². The van der Waals surface area contributed by atoms with E-state index < -0.39 is 5.41 Å². The maximum absolute atomic E-state index is 13.0. The molecule has 1 aliphatic rings. The first-order valence-electron chi connectivity index (χ1n) is 8.32. The quantitative estimate of drug-likeness (QED) is 0.718. The van der Waals surface area contributed by atoms with Crippen LogP contribution in [0.5, 0.6) is 0 Å². The van der Waals surface area contributed by atoms with Crippen molar-refractivity contribution < 1.29 is 9.53 Å². The van der Waals surface area contributed by atoms with Gasteiger partial charge in [-0.15, -0.1) is 12.4 Å². The Morgan fingerprint density at radius 3 is 2.62 bits per heavy atom. The van der Waals surface area contributed by atoms with Gasteiger partial charge in [-0.3, -0.25) is 4.79 Å². The van der Waals surface area contributed by atoms with Gasteiger partial charge in [-0.2, -0.15) is 0 Å². The van der Waals surface area contributed by atoms with Crippen LogP contribution in [-0.4, -0.2) is 43.2 Å². The summed E-state index contributed by atoms with van der Waals surface area (Å²) in [6.45, 7) is 6.92. The third-order valence-corrected chi connectivity index (χ3v) is 5.01. The lowest BCUT2D eigenvalue weighted by Crippen LogP contribution is -2.48. The average molecular weight is 420 g/mol. The second-order valence-electron chi connectivity index (χ2n) is 6.64. The summed E-state index contributed by atoms with van der Waals surface area (Å²) < 4.78 is 6.82. The molecule has 0 aromatic heterocycles. The highest BCUT2D eigenvalue weighted by molar-refractivity contribution is 9.10. The summed E-state index contributed by atoms with van der Waals surface area (Å²) in [5, 5.41) is 0. The highest BCUT2D eigenvalue weighted by Gasteiger charge is 2.35. The minimum Gasteiger partial charge on any atom is -0.378 e. The molecule has 4 nitrogen and oxygen atoms in total. The fraction of sp³-hybridized carbons (Fsp3) is 0.611. The molecule has 0 radical (unpaired) electrons. The van der Waals surface area contributed by atoms with Crippen molar-refractivity contribution in [3.8, 4) is 0 Å². The topological polar surface area (TPSA) is 55.6 Å². The predicted molar refractivity (Wildman–Crippen MR) is 104 cm³/mol. The van der Waals surface area contributed by atoms with Crippen molar-refractivity contribution in [1.29, 1.82) is 0 Å². The molecule has 0 atom stereocenters. The molecule has 24 heavy (non-hydrogen) atoms. The molecule has 1 amide bonds. The van der Waals surface area contributed by atoms with Crippen LogP contribution in [-0.2, 0) is 14.9 Å². The molecule has 1 saturated heterocycles. The fourth-order valence-electron chi connectivity index (χ4n) is 2.95. The van der Waals surface area contributed by atoms with Crippen molar-refractivity contribution in [1.82, 2.24) is 4.90 Å². The number of carbonyl (C=O) groups excluding carboxylic acids is 1. The molecular formula is C18H28BrClN2O2. The first-order chi connectivity index (χ1) is 10.9. The molecule has 0 saturated carbocycles. The van der Waals surface area contributed by atoms with E-state index in [-0.39, 0.29) is 24.4 Å². The van der Waals surface area contributed by atoms with Gasteiger partial charge in [-0.25, -0.2) is 0 Å². The maximum atomic E-state index is 13.0. The van der Waals surface area contributed by atoms with Crippen molar-refractivity contribution in [2.24, 2.45) is 5.73 Å². The minimum absolute atomic E-state index is 0. The van der Waals surface area contributed by atoms with Gasteiger partial charge in [0.2, 0.25) is 5.91 Å². The van der Waals surface area contributed by atoms with E-state index in [4.69, 9.17) is 10.5 Å². The smallest absolute Gasteiger partial charge is 0.232 e. The number of ether oxygens (including phenoxy) is 1. The van der Waals surface area contributed by atoms with Crippen molar-refractivity contribution in [2.45, 2.75) is 44.6 Å². The number of nitrogens with two attached hydrogens (primary N) is 1. The van der Waals surface area contributed by atoms with E-state index in [0.717, 1.165) is 49.0 Å². The lowest BCUT2D eigenvalue weighted by Gasteiger charge is -2.37. The molecule has 2 rings (SSSR count). The zero-order valence-electron chi connectivity index (χ0n) is 14.5. The summed E-state index contributed by atoms with van der Waals surface area (Å²) in [7, 11) is 0. The minimum atomic E-state index is -0.517. The number of rotatable bonds is 6. The van der Waals surface area contributed by atoms with Gasteiger partial charge in [0, 0.05) is 24.2 Å². The lowest BCUT2D eigenvalue weighted by molar-refractivity contribution is -0.139. The van der Waals surface area contributed by atoms with E-state index in [9.17, 15) is 4.79 Å². The van der Waals surface area contributed by atoms with Crippen molar-refractivity contribution in [3.63, 3.8) is 0 Å². The van der Waals surface area contributed by atoms with E-state index in [1.165, 1.54) is 0 Å². The average Bonchev–Trinajstić information content (AvgIpc) is 2.55. The van der Waals surface area contributed by atoms with E-state index in [0.29, 0.717) is 6.54 Å². The zero-order chi connectivity index (χ0) is 16.9. The first kappa shape index (κ1) is 21.4. The third-order valence-electron chi connectivity index (χ3n) is 4.51. The van der Waals surface area contributed by atoms with Gasteiger partial charge in [0.05, 0.1) is 11.5 Å². The summed E-state index contributed by atoms with van der Waals surface area (Å²) in [6.07, 6.45) is 2.98. The second kappa shape index (κ2) is 9.76. The largest absolute Gasteiger partial charge is 0.378 e. The molecule has 1 fully saturated rings. The standard InChI is InChI=1S/C18H27BrN2O2.ClH/c1-18(2,14-5-3-6-15(19)13-14)17(22)21-10-7-16(8-11-21)23-12-4-9-20;/h3,5-6,13,16H,4,7-12,20H2,1-2H3;1H. The van der Waals surface area contributed by atoms with Crippen molar-refractivity contribution in [3.05, 3.63) is 34.3 Å². The van der Waals surface area contributed by atoms with Crippen molar-refractivity contribution in [2.75, 3.05) is 26.2 Å². The number of hydrogen-bond donors (Lipinski definition) is 1. The molecule has 1 heterocycles. The number of amides is 1. The Bertz CT molecular complexity index is 532. The molecule has 1 aliphatic heterocycles. The van der Waals surface area contributed by atoms with E-state index >= 15 is 0 Å². The Balaban J connectivity index is 0.00000288. The van der Waals surface area contributed by atoms with Crippen LogP contribution in [0.3, 0.4) is 0 Å². The highest BCUT2D eigenvalue weighted by Crippen LogP contribution is 2.29. The second-order valence-corrected chi connectivity index (χ2v) is 7.56. The van der Waals surface area contributed by atoms with Crippen LogP contribution >= 0.6 is 28.3 Å². The molecule has 136 valence electrons. The first-order valence-corrected chi connectivity index (χ1v) is 9.11. The van der Waals surface area contributed by atoms with Gasteiger partial charge < -0.3 is 15.4 Å². The Kier molecular flexibility index (Phi) is 8.71. The summed E-state index contributed by atoms with van der Waals surface area (Å²) >= 11 is 3.49. The lowest BCUT2D eigenvalue weighted by atomic mass is 9.82. The number of carbonyl (C=O) groups is 1. The molecule has 0 spiro atoms. The van der Waals surface area contributed by atoms with Crippen LogP contribution in [0, 0.1) is 0 Å². The normalized spacial score (nSPS) is 15.9. The molecule has 6 heteroatoms. The van der Waals surface area contributed by atoms with Gasteiger partial charge in [0.1, 0.15) is 0 Å². The van der Waals surface area contributed by atoms with Gasteiger partial charge in [-0.05, 0) is 57.4 Å². The predicted octanol–water partition coefficient (Wildman–Crippen LogP) is 3.50. The number of likely N-dealkylation sites (tertiary alicyclic amines) is 1. The molecule has 0 aliphatic carbocycles. The van der Waals surface area contributed by atoms with Gasteiger partial charge in [-0.1, -0.05) is 28.1 Å². The van der Waals surface area contributed by atoms with Crippen LogP contribution in [0.15, 0.2) is 28.7 Å². The van der Waals surface area contributed by atoms with Crippen LogP contribution < -0.4 is 5.73 Å². The number of piperidine rings is 1. The Labute approximate surface area is 159 Å². The third kappa shape index (κ3) is 5.45. The summed E-state index contributed by atoms with van der Waals surface area (Å²) in [5.74, 6) is 0.191. The van der Waals surface area contributed by atoms with Crippen LogP contribution in [0.1, 0.15) is 38.7 Å². The number of hydrogen-bond acceptors (Lipinski definition) is 3. The van der Waals surface area contributed by atoms with Crippen LogP contribution in [0.25, 0.3) is 0 Å². The van der Waals surface area contributed by atoms with Gasteiger partial charge >= 0.3 is 0 Å². The monoisotopic (exact) mass is 418 g/mol. The number of benzene rings is 1. The zero-order valence-corrected chi connectivity index (χ0v) is 16.9. The molecule has 0 bridgehead atoms. The summed E-state index contributed by atoms with van der Waals surface area (Å²) in [6, 6.07) is 8.01. The fourth-order valence-corrected chi connectivity index (χ4v) is 3.35. The molecule has 2 N–H and O–H groups in total. The Hall–Kier alpha value is -0.620. The number of nitrogens with zero attached hydrogens (tertiary/aromatic N) is 1. The van der Waals surface area contributed by atoms with Crippen molar-refractivity contribution >= 4 is 34.2 Å². The Morgan fingerprint density at radius 1 is 1.38 bits per heavy atom. The maximum Gasteiger partial charge on any atom is 0.232 e. The molecule has 1 aromatic carbocycles. The summed E-state index contributed by atoms with van der Waals surface area (Å²) in [5.41, 5.74) is 6.01. The van der Waals surface area contributed by atoms with Crippen LogP contribution in [0.4, 0.5) is 0 Å². The molecule has 0 unspecified atom stereocenters. The van der Waals surface area contributed by atoms with Gasteiger partial charge in [0.15, 0.2) is 0 Å². The van der Waals surface area contributed by atoms with E-state index in [1.54, 1.807) is 0 Å². The van der Waals surface area contributed by atoms with Gasteiger partial charge in [0.25, 0.3) is 0 Å². The molecule has 1 aromatic rings. The number of halogens is 2. The summed E-state index contributed by atoms with van der Waals surface area (Å²) in [4.78, 5) is 14.9.